The van der Waals surface area contributed by atoms with Crippen LogP contribution in [0, 0.1) is 12.8 Å². The van der Waals surface area contributed by atoms with E-state index in [0.29, 0.717) is 37.3 Å². The molecule has 1 N–H and O–H groups in total. The first-order valence-corrected chi connectivity index (χ1v) is 11.1. The van der Waals surface area contributed by atoms with Crippen molar-refractivity contribution in [3.8, 4) is 5.75 Å². The van der Waals surface area contributed by atoms with Gasteiger partial charge in [0, 0.05) is 25.1 Å². The summed E-state index contributed by atoms with van der Waals surface area (Å²) in [5, 5.41) is 11.6. The number of aliphatic hydroxyl groups is 1. The Morgan fingerprint density at radius 2 is 2.13 bits per heavy atom. The van der Waals surface area contributed by atoms with Gasteiger partial charge in [-0.3, -0.25) is 4.79 Å². The molecule has 1 saturated carbocycles. The highest BCUT2D eigenvalue weighted by molar-refractivity contribution is 5.88. The fraction of sp³-hybridized carbons (Fsp3) is 0.583. The molecular weight excluding hydrogens is 382 g/mol. The van der Waals surface area contributed by atoms with E-state index < -0.39 is 11.7 Å². The minimum Gasteiger partial charge on any atom is -0.480 e. The monoisotopic (exact) mass is 413 g/mol. The Morgan fingerprint density at radius 3 is 2.90 bits per heavy atom. The summed E-state index contributed by atoms with van der Waals surface area (Å²) < 4.78 is 11.5. The number of likely N-dealkylation sites (tertiary alicyclic amines) is 1. The van der Waals surface area contributed by atoms with Crippen molar-refractivity contribution in [1.82, 2.24) is 4.90 Å². The molecule has 1 amide bonds. The van der Waals surface area contributed by atoms with E-state index in [1.807, 2.05) is 30.9 Å². The molecule has 1 aromatic heterocycles. The lowest BCUT2D eigenvalue weighted by Gasteiger charge is -2.47. The van der Waals surface area contributed by atoms with Crippen LogP contribution in [0.15, 0.2) is 27.4 Å². The zero-order valence-electron chi connectivity index (χ0n) is 18.1. The van der Waals surface area contributed by atoms with Crippen molar-refractivity contribution in [2.24, 2.45) is 5.92 Å². The average molecular weight is 414 g/mol. The predicted octanol–water partition coefficient (Wildman–Crippen LogP) is 3.58. The lowest BCUT2D eigenvalue weighted by molar-refractivity contribution is -0.149. The summed E-state index contributed by atoms with van der Waals surface area (Å²) in [4.78, 5) is 26.9. The summed E-state index contributed by atoms with van der Waals surface area (Å²) >= 11 is 0. The molecule has 0 spiro atoms. The second-order valence-corrected chi connectivity index (χ2v) is 8.92. The average Bonchev–Trinajstić information content (AvgIpc) is 2.71. The Morgan fingerprint density at radius 1 is 1.33 bits per heavy atom. The van der Waals surface area contributed by atoms with E-state index in [2.05, 4.69) is 0 Å². The van der Waals surface area contributed by atoms with Crippen molar-refractivity contribution in [3.63, 3.8) is 0 Å². The molecule has 4 rings (SSSR count). The van der Waals surface area contributed by atoms with Gasteiger partial charge in [-0.1, -0.05) is 19.8 Å². The molecule has 1 aliphatic carbocycles. The van der Waals surface area contributed by atoms with Gasteiger partial charge in [0.05, 0.1) is 11.0 Å². The van der Waals surface area contributed by atoms with Gasteiger partial charge >= 0.3 is 5.63 Å². The van der Waals surface area contributed by atoms with Gasteiger partial charge in [0.2, 0.25) is 0 Å². The molecule has 0 radical (unpaired) electrons. The third-order valence-electron chi connectivity index (χ3n) is 6.81. The smallest absolute Gasteiger partial charge is 0.336 e. The number of piperidine rings is 1. The zero-order valence-corrected chi connectivity index (χ0v) is 18.1. The summed E-state index contributed by atoms with van der Waals surface area (Å²) in [5.41, 5.74) is 1.24. The Hall–Kier alpha value is -2.34. The molecule has 30 heavy (non-hydrogen) atoms. The van der Waals surface area contributed by atoms with Crippen molar-refractivity contribution in [1.29, 1.82) is 0 Å². The standard InChI is InChI=1S/C24H31NO5/c1-4-17-13-21(26)30-20-12-15(2)11-19(22(17)20)29-16(3)23(27)25-10-9-24(28)8-6-5-7-18(24)14-25/h11-13,16,18,28H,4-10,14H2,1-3H3/t16-,18-,24-/m0/s1. The SMILES string of the molecule is CCc1cc(=O)oc2cc(C)cc(O[C@@H](C)C(=O)N3CC[C@@]4(O)CCCC[C@H]4C3)c12. The number of ether oxygens (including phenoxy) is 1. The number of fused-ring (bicyclic) bond motifs is 2. The van der Waals surface area contributed by atoms with Crippen molar-refractivity contribution < 1.29 is 19.1 Å². The maximum Gasteiger partial charge on any atom is 0.336 e. The lowest BCUT2D eigenvalue weighted by atomic mass is 9.71. The molecule has 2 heterocycles. The molecular formula is C24H31NO5. The van der Waals surface area contributed by atoms with E-state index in [9.17, 15) is 14.7 Å². The van der Waals surface area contributed by atoms with Crippen LogP contribution >= 0.6 is 0 Å². The van der Waals surface area contributed by atoms with Crippen LogP contribution < -0.4 is 10.4 Å². The minimum absolute atomic E-state index is 0.0623. The van der Waals surface area contributed by atoms with E-state index in [-0.39, 0.29) is 17.5 Å². The molecule has 0 unspecified atom stereocenters. The molecule has 1 saturated heterocycles. The molecule has 1 aromatic carbocycles. The third kappa shape index (κ3) is 3.85. The first-order valence-electron chi connectivity index (χ1n) is 11.1. The molecule has 1 aliphatic heterocycles. The maximum atomic E-state index is 13.2. The van der Waals surface area contributed by atoms with Gasteiger partial charge in [-0.2, -0.15) is 0 Å². The van der Waals surface area contributed by atoms with Crippen LogP contribution in [0.3, 0.4) is 0 Å². The first kappa shape index (κ1) is 20.9. The van der Waals surface area contributed by atoms with Crippen LogP contribution in [0.2, 0.25) is 0 Å². The summed E-state index contributed by atoms with van der Waals surface area (Å²) in [5.74, 6) is 0.655. The van der Waals surface area contributed by atoms with Crippen LogP contribution in [0.25, 0.3) is 11.0 Å². The molecule has 162 valence electrons. The quantitative estimate of drug-likeness (QED) is 0.775. The van der Waals surface area contributed by atoms with Crippen LogP contribution in [0.5, 0.6) is 5.75 Å². The number of hydrogen-bond acceptors (Lipinski definition) is 5. The van der Waals surface area contributed by atoms with E-state index >= 15 is 0 Å². The molecule has 6 heteroatoms. The number of aryl methyl sites for hydroxylation is 2. The number of rotatable bonds is 4. The van der Waals surface area contributed by atoms with Gasteiger partial charge in [-0.05, 0) is 62.8 Å². The highest BCUT2D eigenvalue weighted by atomic mass is 16.5. The van der Waals surface area contributed by atoms with Crippen molar-refractivity contribution in [2.45, 2.75) is 71.0 Å². The molecule has 2 fully saturated rings. The van der Waals surface area contributed by atoms with E-state index in [1.165, 1.54) is 6.07 Å². The Labute approximate surface area is 176 Å². The summed E-state index contributed by atoms with van der Waals surface area (Å²) in [6.45, 7) is 6.80. The Bertz CT molecular complexity index is 1010. The van der Waals surface area contributed by atoms with E-state index in [4.69, 9.17) is 9.15 Å². The van der Waals surface area contributed by atoms with Crippen LogP contribution in [0.4, 0.5) is 0 Å². The third-order valence-corrected chi connectivity index (χ3v) is 6.81. The molecule has 2 aromatic rings. The number of hydrogen-bond donors (Lipinski definition) is 1. The van der Waals surface area contributed by atoms with Gasteiger partial charge in [0.1, 0.15) is 11.3 Å². The van der Waals surface area contributed by atoms with Crippen LogP contribution in [-0.2, 0) is 11.2 Å². The number of benzene rings is 1. The highest BCUT2D eigenvalue weighted by Gasteiger charge is 2.44. The normalized spacial score (nSPS) is 25.1. The van der Waals surface area contributed by atoms with Gasteiger partial charge < -0.3 is 19.2 Å². The van der Waals surface area contributed by atoms with Gasteiger partial charge in [0.25, 0.3) is 5.91 Å². The number of nitrogens with zero attached hydrogens (tertiary/aromatic N) is 1. The molecule has 3 atom stereocenters. The predicted molar refractivity (Wildman–Crippen MR) is 115 cm³/mol. The highest BCUT2D eigenvalue weighted by Crippen LogP contribution is 2.40. The van der Waals surface area contributed by atoms with Crippen molar-refractivity contribution >= 4 is 16.9 Å². The van der Waals surface area contributed by atoms with Gasteiger partial charge in [0.15, 0.2) is 6.10 Å². The number of carbonyl (C=O) groups is 1. The summed E-state index contributed by atoms with van der Waals surface area (Å²) in [6.07, 6.45) is 4.62. The Kier molecular flexibility index (Phi) is 5.62. The fourth-order valence-electron chi connectivity index (χ4n) is 5.11. The zero-order chi connectivity index (χ0) is 21.5. The maximum absolute atomic E-state index is 13.2. The first-order chi connectivity index (χ1) is 14.3. The lowest BCUT2D eigenvalue weighted by Crippen LogP contribution is -2.56. The molecule has 0 bridgehead atoms. The van der Waals surface area contributed by atoms with Crippen LogP contribution in [0.1, 0.15) is 57.1 Å². The van der Waals surface area contributed by atoms with Crippen molar-refractivity contribution in [3.05, 3.63) is 39.7 Å². The second-order valence-electron chi connectivity index (χ2n) is 8.92. The van der Waals surface area contributed by atoms with Gasteiger partial charge in [-0.25, -0.2) is 4.79 Å². The number of amides is 1. The number of carbonyl (C=O) groups excluding carboxylic acids is 1. The summed E-state index contributed by atoms with van der Waals surface area (Å²) in [7, 11) is 0. The Balaban J connectivity index is 1.56. The van der Waals surface area contributed by atoms with E-state index in [1.54, 1.807) is 6.92 Å². The molecule has 2 aliphatic rings. The second kappa shape index (κ2) is 8.06. The van der Waals surface area contributed by atoms with Gasteiger partial charge in [-0.15, -0.1) is 0 Å². The van der Waals surface area contributed by atoms with Crippen molar-refractivity contribution in [2.75, 3.05) is 13.1 Å². The minimum atomic E-state index is -0.665. The fourth-order valence-corrected chi connectivity index (χ4v) is 5.11. The molecule has 6 nitrogen and oxygen atoms in total. The largest absolute Gasteiger partial charge is 0.480 e. The summed E-state index contributed by atoms with van der Waals surface area (Å²) in [6, 6.07) is 5.21. The van der Waals surface area contributed by atoms with Crippen LogP contribution in [-0.4, -0.2) is 40.7 Å². The van der Waals surface area contributed by atoms with E-state index in [0.717, 1.165) is 42.2 Å². The topological polar surface area (TPSA) is 80.0 Å².